The third-order valence-corrected chi connectivity index (χ3v) is 11.7. The van der Waals surface area contributed by atoms with Gasteiger partial charge in [-0.2, -0.15) is 14.9 Å². The number of H-pyrrole nitrogens is 1. The summed E-state index contributed by atoms with van der Waals surface area (Å²) in [5, 5.41) is 19.8. The summed E-state index contributed by atoms with van der Waals surface area (Å²) in [6.07, 6.45) is 7.91. The number of amides is 2. The van der Waals surface area contributed by atoms with E-state index in [1.165, 1.54) is 4.68 Å². The number of benzene rings is 9. The molecule has 2 amide bonds. The first kappa shape index (κ1) is 47.3. The average Bonchev–Trinajstić information content (AvgIpc) is 4.03. The summed E-state index contributed by atoms with van der Waals surface area (Å²) in [7, 11) is 0. The number of aromatic amines is 1. The molecule has 2 aromatic heterocycles. The summed E-state index contributed by atoms with van der Waals surface area (Å²) in [6.45, 7) is 0. The molecule has 11 rings (SSSR count). The van der Waals surface area contributed by atoms with Gasteiger partial charge in [-0.05, 0) is 108 Å². The van der Waals surface area contributed by atoms with Crippen LogP contribution in [0.2, 0.25) is 0 Å². The third-order valence-electron chi connectivity index (χ3n) is 11.7. The van der Waals surface area contributed by atoms with Crippen LogP contribution in [-0.4, -0.2) is 37.7 Å². The Morgan fingerprint density at radius 1 is 0.419 bits per heavy atom. The number of anilines is 2. The van der Waals surface area contributed by atoms with Gasteiger partial charge in [0.05, 0.1) is 22.4 Å². The minimum atomic E-state index is -0.238. The number of carbonyl (C=O) groups is 3. The molecule has 0 fully saturated rings. The van der Waals surface area contributed by atoms with Gasteiger partial charge in [-0.3, -0.25) is 19.5 Å². The summed E-state index contributed by atoms with van der Waals surface area (Å²) in [4.78, 5) is 38.5. The van der Waals surface area contributed by atoms with E-state index in [0.717, 1.165) is 33.1 Å². The zero-order valence-corrected chi connectivity index (χ0v) is 39.7. The first-order valence-corrected chi connectivity index (χ1v) is 23.7. The van der Waals surface area contributed by atoms with Gasteiger partial charge in [0.15, 0.2) is 0 Å². The number of rotatable bonds is 13. The topological polar surface area (TPSA) is 140 Å². The van der Waals surface area contributed by atoms with Crippen molar-refractivity contribution in [3.63, 3.8) is 0 Å². The van der Waals surface area contributed by atoms with Gasteiger partial charge in [0, 0.05) is 63.1 Å². The maximum absolute atomic E-state index is 13.5. The van der Waals surface area contributed by atoms with Crippen molar-refractivity contribution in [3.8, 4) is 23.0 Å². The van der Waals surface area contributed by atoms with Crippen LogP contribution in [0, 0.1) is 0 Å². The average molecular weight is 967 g/mol. The summed E-state index contributed by atoms with van der Waals surface area (Å²) >= 11 is 0. The SMILES string of the molecule is O=C(Nc1cccc(Oc2ccc3c(/C=C/c4ccccc4)n[nH]c3c2)c1)c1ccccc1.O=C(Nc1cccc(Oc2ccc3c(/C=C/c4ccccc4)nn(C(=O)c4ccccc4)c3c2)c1)c1ccccc1. The first-order valence-electron chi connectivity index (χ1n) is 23.7. The van der Waals surface area contributed by atoms with Crippen LogP contribution < -0.4 is 20.1 Å². The molecule has 11 nitrogen and oxygen atoms in total. The summed E-state index contributed by atoms with van der Waals surface area (Å²) in [5.74, 6) is 1.77. The molecule has 9 aromatic carbocycles. The molecule has 2 heterocycles. The molecule has 0 unspecified atom stereocenters. The minimum absolute atomic E-state index is 0.164. The molecule has 11 heteroatoms. The van der Waals surface area contributed by atoms with E-state index < -0.39 is 0 Å². The fourth-order valence-corrected chi connectivity index (χ4v) is 7.98. The summed E-state index contributed by atoms with van der Waals surface area (Å²) in [5.41, 5.74) is 8.17. The van der Waals surface area contributed by atoms with Gasteiger partial charge < -0.3 is 20.1 Å². The highest BCUT2D eigenvalue weighted by molar-refractivity contribution is 6.05. The highest BCUT2D eigenvalue weighted by Crippen LogP contribution is 2.32. The smallest absolute Gasteiger partial charge is 0.278 e. The van der Waals surface area contributed by atoms with Gasteiger partial charge >= 0.3 is 0 Å². The molecule has 0 saturated heterocycles. The van der Waals surface area contributed by atoms with Crippen molar-refractivity contribution in [2.24, 2.45) is 0 Å². The summed E-state index contributed by atoms with van der Waals surface area (Å²) in [6, 6.07) is 73.1. The van der Waals surface area contributed by atoms with Gasteiger partial charge in [0.2, 0.25) is 0 Å². The molecular weight excluding hydrogens is 921 g/mol. The molecule has 0 saturated carbocycles. The standard InChI is InChI=1S/C35H25N3O3.C28H21N3O2/c39-34(26-13-6-2-7-14-26)36-28-17-10-18-29(23-28)41-30-20-21-31-32(22-19-25-11-4-1-5-12-25)37-38(33(31)24-30)35(40)27-15-8-3-9-16-27;32-28(21-10-5-2-6-11-21)29-22-12-7-13-23(18-22)33-24-15-16-25-26(30-31-27(25)19-24)17-14-20-8-3-1-4-9-20/h1-24H,(H,36,39);1-19H,(H,29,32)(H,30,31)/b22-19+;17-14+. The van der Waals surface area contributed by atoms with Crippen LogP contribution in [0.15, 0.2) is 237 Å². The maximum Gasteiger partial charge on any atom is 0.278 e. The van der Waals surface area contributed by atoms with Gasteiger partial charge in [-0.1, -0.05) is 140 Å². The monoisotopic (exact) mass is 966 g/mol. The van der Waals surface area contributed by atoms with E-state index in [1.54, 1.807) is 60.7 Å². The second kappa shape index (κ2) is 22.6. The van der Waals surface area contributed by atoms with Crippen LogP contribution in [0.3, 0.4) is 0 Å². The second-order valence-electron chi connectivity index (χ2n) is 16.9. The van der Waals surface area contributed by atoms with E-state index >= 15 is 0 Å². The van der Waals surface area contributed by atoms with Crippen LogP contribution in [0.25, 0.3) is 46.1 Å². The van der Waals surface area contributed by atoms with Crippen molar-refractivity contribution in [2.45, 2.75) is 0 Å². The molecule has 358 valence electrons. The number of fused-ring (bicyclic) bond motifs is 2. The van der Waals surface area contributed by atoms with Crippen molar-refractivity contribution in [1.29, 1.82) is 0 Å². The van der Waals surface area contributed by atoms with E-state index in [4.69, 9.17) is 9.47 Å². The van der Waals surface area contributed by atoms with Crippen LogP contribution in [0.5, 0.6) is 23.0 Å². The fraction of sp³-hybridized carbons (Fsp3) is 0. The quantitative estimate of drug-likeness (QED) is 0.104. The highest BCUT2D eigenvalue weighted by Gasteiger charge is 2.18. The number of hydrogen-bond acceptors (Lipinski definition) is 7. The van der Waals surface area contributed by atoms with Gasteiger partial charge in [-0.25, -0.2) is 0 Å². The third kappa shape index (κ3) is 11.8. The second-order valence-corrected chi connectivity index (χ2v) is 16.9. The van der Waals surface area contributed by atoms with Crippen LogP contribution in [-0.2, 0) is 0 Å². The van der Waals surface area contributed by atoms with Gasteiger partial charge in [0.1, 0.15) is 23.0 Å². The van der Waals surface area contributed by atoms with Crippen LogP contribution in [0.1, 0.15) is 53.6 Å². The maximum atomic E-state index is 13.5. The highest BCUT2D eigenvalue weighted by atomic mass is 16.5. The van der Waals surface area contributed by atoms with Gasteiger partial charge in [-0.15, -0.1) is 0 Å². The summed E-state index contributed by atoms with van der Waals surface area (Å²) < 4.78 is 13.6. The lowest BCUT2D eigenvalue weighted by Crippen LogP contribution is -2.13. The van der Waals surface area contributed by atoms with Crippen LogP contribution in [0.4, 0.5) is 11.4 Å². The Balaban J connectivity index is 0.000000173. The van der Waals surface area contributed by atoms with Crippen molar-refractivity contribution >= 4 is 75.2 Å². The van der Waals surface area contributed by atoms with E-state index in [-0.39, 0.29) is 17.7 Å². The normalized spacial score (nSPS) is 11.0. The van der Waals surface area contributed by atoms with E-state index in [1.807, 2.05) is 200 Å². The molecule has 74 heavy (non-hydrogen) atoms. The first-order chi connectivity index (χ1) is 36.4. The Bertz CT molecular complexity index is 3780. The molecule has 3 N–H and O–H groups in total. The van der Waals surface area contributed by atoms with Crippen molar-refractivity contribution < 1.29 is 23.9 Å². The minimum Gasteiger partial charge on any atom is -0.457 e. The predicted molar refractivity (Wildman–Crippen MR) is 295 cm³/mol. The van der Waals surface area contributed by atoms with Crippen LogP contribution >= 0.6 is 0 Å². The molecule has 0 atom stereocenters. The number of carbonyl (C=O) groups excluding carboxylic acids is 3. The Hall–Kier alpha value is -10.4. The molecule has 0 aliphatic rings. The molecule has 0 aliphatic carbocycles. The zero-order chi connectivity index (χ0) is 50.5. The Morgan fingerprint density at radius 2 is 0.865 bits per heavy atom. The zero-order valence-electron chi connectivity index (χ0n) is 39.7. The lowest BCUT2D eigenvalue weighted by atomic mass is 10.1. The van der Waals surface area contributed by atoms with E-state index in [0.29, 0.717) is 62.3 Å². The Morgan fingerprint density at radius 3 is 1.39 bits per heavy atom. The largest absolute Gasteiger partial charge is 0.457 e. The lowest BCUT2D eigenvalue weighted by molar-refractivity contribution is 0.0948. The van der Waals surface area contributed by atoms with E-state index in [2.05, 4.69) is 25.9 Å². The fourth-order valence-electron chi connectivity index (χ4n) is 7.98. The molecule has 11 aromatic rings. The van der Waals surface area contributed by atoms with Crippen molar-refractivity contribution in [3.05, 3.63) is 276 Å². The van der Waals surface area contributed by atoms with E-state index in [9.17, 15) is 14.4 Å². The number of hydrogen-bond donors (Lipinski definition) is 3. The number of aromatic nitrogens is 4. The molecular formula is C63H46N6O5. The number of ether oxygens (including phenoxy) is 2. The lowest BCUT2D eigenvalue weighted by Gasteiger charge is -2.10. The van der Waals surface area contributed by atoms with Crippen molar-refractivity contribution in [2.75, 3.05) is 10.6 Å². The molecule has 0 bridgehead atoms. The predicted octanol–water partition coefficient (Wildman–Crippen LogP) is 14.7. The Labute approximate surface area is 426 Å². The number of nitrogens with zero attached hydrogens (tertiary/aromatic N) is 3. The Kier molecular flexibility index (Phi) is 14.4. The molecule has 0 radical (unpaired) electrons. The molecule has 0 spiro atoms. The molecule has 0 aliphatic heterocycles. The van der Waals surface area contributed by atoms with Gasteiger partial charge in [0.25, 0.3) is 17.7 Å². The van der Waals surface area contributed by atoms with Crippen molar-refractivity contribution in [1.82, 2.24) is 20.0 Å². The number of nitrogens with one attached hydrogen (secondary N) is 3.